The fourth-order valence-corrected chi connectivity index (χ4v) is 8.91. The Hall–Kier alpha value is -8.14. The first kappa shape index (κ1) is 45.6. The van der Waals surface area contributed by atoms with Gasteiger partial charge in [0.1, 0.15) is 0 Å². The molecule has 1 aliphatic heterocycles. The average molecular weight is 965 g/mol. The summed E-state index contributed by atoms with van der Waals surface area (Å²) in [5, 5.41) is 0.135. The monoisotopic (exact) mass is 964 g/mol. The number of rotatable bonds is 6. The van der Waals surface area contributed by atoms with Gasteiger partial charge in [0.25, 0.3) is 11.8 Å². The summed E-state index contributed by atoms with van der Waals surface area (Å²) in [5.74, 6) is -1.47. The molecule has 350 valence electrons. The largest absolute Gasteiger partial charge is 0.416 e. The number of carbonyl (C=O) groups is 2. The van der Waals surface area contributed by atoms with Crippen molar-refractivity contribution in [2.75, 3.05) is 4.90 Å². The third kappa shape index (κ3) is 8.12. The average Bonchev–Trinajstić information content (AvgIpc) is 3.79. The van der Waals surface area contributed by atoms with Crippen molar-refractivity contribution in [2.24, 2.45) is 0 Å². The molecular weight excluding hydrogens is 937 g/mol. The Bertz CT molecular complexity index is 3340. The van der Waals surface area contributed by atoms with Crippen molar-refractivity contribution in [3.63, 3.8) is 0 Å². The molecule has 2 amide bonds. The van der Waals surface area contributed by atoms with Gasteiger partial charge in [-0.25, -0.2) is 4.90 Å². The summed E-state index contributed by atoms with van der Waals surface area (Å²) in [6.07, 6.45) is -20.8. The number of carbonyl (C=O) groups excluding carboxylic acids is 2. The third-order valence-electron chi connectivity index (χ3n) is 12.1. The maximum Gasteiger partial charge on any atom is 0.416 e. The summed E-state index contributed by atoms with van der Waals surface area (Å²) in [4.78, 5) is 30.5. The van der Waals surface area contributed by atoms with Crippen molar-refractivity contribution in [3.8, 4) is 50.2 Å². The predicted octanol–water partition coefficient (Wildman–Crippen LogP) is 16.3. The molecule has 0 N–H and O–H groups in total. The van der Waals surface area contributed by atoms with E-state index in [0.717, 1.165) is 16.0 Å². The van der Waals surface area contributed by atoms with Crippen LogP contribution in [-0.4, -0.2) is 16.4 Å². The molecule has 16 heteroatoms. The number of anilines is 1. The van der Waals surface area contributed by atoms with Crippen LogP contribution in [0.25, 0.3) is 72.0 Å². The molecule has 0 saturated carbocycles. The Morgan fingerprint density at radius 2 is 0.729 bits per heavy atom. The molecule has 8 aromatic carbocycles. The number of hydrogen-bond donors (Lipinski definition) is 0. The maximum absolute atomic E-state index is 14.9. The Morgan fingerprint density at radius 3 is 1.13 bits per heavy atom. The van der Waals surface area contributed by atoms with Crippen LogP contribution in [0, 0.1) is 0 Å². The molecule has 0 spiro atoms. The van der Waals surface area contributed by atoms with Crippen molar-refractivity contribution in [1.82, 2.24) is 4.57 Å². The summed E-state index contributed by atoms with van der Waals surface area (Å²) in [6, 6.07) is 37.7. The van der Waals surface area contributed by atoms with Gasteiger partial charge in [-0.2, -0.15) is 52.7 Å². The lowest BCUT2D eigenvalue weighted by atomic mass is 9.96. The third-order valence-corrected chi connectivity index (χ3v) is 12.1. The van der Waals surface area contributed by atoms with E-state index in [-0.39, 0.29) is 67.6 Å². The zero-order valence-electron chi connectivity index (χ0n) is 35.4. The molecule has 1 aromatic heterocycles. The van der Waals surface area contributed by atoms with Crippen LogP contribution in [0.2, 0.25) is 0 Å². The van der Waals surface area contributed by atoms with E-state index in [1.807, 2.05) is 66.7 Å². The number of amides is 2. The van der Waals surface area contributed by atoms with Gasteiger partial charge in [-0.15, -0.1) is 0 Å². The van der Waals surface area contributed by atoms with Crippen molar-refractivity contribution in [1.29, 1.82) is 0 Å². The fourth-order valence-electron chi connectivity index (χ4n) is 8.91. The summed E-state index contributed by atoms with van der Waals surface area (Å²) in [5.41, 5.74) is -4.42. The minimum absolute atomic E-state index is 0.0376. The highest BCUT2D eigenvalue weighted by atomic mass is 19.4. The molecule has 2 heterocycles. The lowest BCUT2D eigenvalue weighted by molar-refractivity contribution is -0.144. The molecule has 10 rings (SSSR count). The molecule has 0 aliphatic carbocycles. The van der Waals surface area contributed by atoms with Crippen molar-refractivity contribution in [2.45, 2.75) is 24.7 Å². The van der Waals surface area contributed by atoms with Gasteiger partial charge < -0.3 is 4.57 Å². The highest BCUT2D eigenvalue weighted by molar-refractivity contribution is 6.36. The highest BCUT2D eigenvalue weighted by Gasteiger charge is 2.41. The van der Waals surface area contributed by atoms with Gasteiger partial charge >= 0.3 is 24.7 Å². The predicted molar refractivity (Wildman–Crippen MR) is 240 cm³/mol. The molecule has 70 heavy (non-hydrogen) atoms. The molecule has 4 nitrogen and oxygen atoms in total. The van der Waals surface area contributed by atoms with Crippen LogP contribution in [0.3, 0.4) is 0 Å². The van der Waals surface area contributed by atoms with Crippen molar-refractivity contribution in [3.05, 3.63) is 203 Å². The van der Waals surface area contributed by atoms with Crippen LogP contribution < -0.4 is 4.90 Å². The number of imide groups is 1. The Morgan fingerprint density at radius 1 is 0.329 bits per heavy atom. The van der Waals surface area contributed by atoms with E-state index in [2.05, 4.69) is 0 Å². The van der Waals surface area contributed by atoms with Crippen LogP contribution in [0.5, 0.6) is 0 Å². The van der Waals surface area contributed by atoms with Crippen LogP contribution in [0.1, 0.15) is 43.0 Å². The van der Waals surface area contributed by atoms with Crippen LogP contribution in [0.4, 0.5) is 58.4 Å². The van der Waals surface area contributed by atoms with Gasteiger partial charge in [-0.05, 0) is 136 Å². The van der Waals surface area contributed by atoms with Gasteiger partial charge in [0, 0.05) is 10.8 Å². The van der Waals surface area contributed by atoms with Gasteiger partial charge in [0.05, 0.1) is 55.8 Å². The van der Waals surface area contributed by atoms with E-state index in [1.165, 1.54) is 59.2 Å². The topological polar surface area (TPSA) is 42.3 Å². The minimum atomic E-state index is -5.21. The number of alkyl halides is 12. The normalized spacial score (nSPS) is 13.5. The number of aromatic nitrogens is 1. The van der Waals surface area contributed by atoms with E-state index in [4.69, 9.17) is 0 Å². The van der Waals surface area contributed by atoms with Crippen LogP contribution in [0.15, 0.2) is 170 Å². The Kier molecular flexibility index (Phi) is 10.6. The van der Waals surface area contributed by atoms with Gasteiger partial charge in [0.2, 0.25) is 0 Å². The fraction of sp³-hybridized carbons (Fsp3) is 0.0741. The highest BCUT2D eigenvalue weighted by Crippen LogP contribution is 2.45. The number of hydrogen-bond acceptors (Lipinski definition) is 2. The van der Waals surface area contributed by atoms with E-state index in [0.29, 0.717) is 35.4 Å². The molecular formula is C54H28F12N2O2. The van der Waals surface area contributed by atoms with Gasteiger partial charge in [-0.1, -0.05) is 78.9 Å². The molecule has 0 radical (unpaired) electrons. The summed E-state index contributed by atoms with van der Waals surface area (Å²) in [6.45, 7) is 0. The second kappa shape index (κ2) is 16.2. The Labute approximate surface area is 388 Å². The molecule has 0 saturated heterocycles. The number of nitrogens with zero attached hydrogens (tertiary/aromatic N) is 2. The summed E-state index contributed by atoms with van der Waals surface area (Å²) in [7, 11) is 0. The molecule has 9 aromatic rings. The first-order valence-corrected chi connectivity index (χ1v) is 21.0. The molecule has 0 fully saturated rings. The first-order valence-electron chi connectivity index (χ1n) is 21.0. The van der Waals surface area contributed by atoms with Gasteiger partial charge in [0.15, 0.2) is 0 Å². The zero-order chi connectivity index (χ0) is 49.7. The molecule has 0 atom stereocenters. The second-order valence-electron chi connectivity index (χ2n) is 16.5. The minimum Gasteiger partial charge on any atom is -0.308 e. The van der Waals surface area contributed by atoms with Crippen LogP contribution >= 0.6 is 0 Å². The van der Waals surface area contributed by atoms with E-state index in [9.17, 15) is 62.3 Å². The molecule has 0 bridgehead atoms. The van der Waals surface area contributed by atoms with Crippen molar-refractivity contribution < 1.29 is 62.3 Å². The molecule has 1 aliphatic rings. The standard InChI is InChI=1S/C54H28F12N2O2/c55-51(56,57)37-19-35(20-38(27-37)52(58,59)60)31-14-16-45-43(25-31)44-26-32(36-21-39(53(61,62)63)28-40(22-36)54(64,65)66)15-17-46(44)68(45)47-13-7-12-42-48(47)50(70)67(49(42)69)41-23-33(29-8-3-1-4-9-29)18-34(24-41)30-10-5-2-6-11-30/h1-28H. The summed E-state index contributed by atoms with van der Waals surface area (Å²) >= 11 is 0. The van der Waals surface area contributed by atoms with Gasteiger partial charge in [-0.3, -0.25) is 9.59 Å². The van der Waals surface area contributed by atoms with E-state index < -0.39 is 69.9 Å². The number of fused-ring (bicyclic) bond motifs is 4. The van der Waals surface area contributed by atoms with E-state index >= 15 is 0 Å². The smallest absolute Gasteiger partial charge is 0.308 e. The first-order chi connectivity index (χ1) is 33.0. The van der Waals surface area contributed by atoms with E-state index in [1.54, 1.807) is 12.1 Å². The lowest BCUT2D eigenvalue weighted by Crippen LogP contribution is -2.29. The maximum atomic E-state index is 14.9. The zero-order valence-corrected chi connectivity index (χ0v) is 35.4. The number of benzene rings is 8. The van der Waals surface area contributed by atoms with Crippen LogP contribution in [-0.2, 0) is 24.7 Å². The lowest BCUT2D eigenvalue weighted by Gasteiger charge is -2.18. The summed E-state index contributed by atoms with van der Waals surface area (Å²) < 4.78 is 170. The van der Waals surface area contributed by atoms with Crippen molar-refractivity contribution >= 4 is 39.3 Å². The SMILES string of the molecule is O=C1c2cccc(-n3c4ccc(-c5cc(C(F)(F)F)cc(C(F)(F)F)c5)cc4c4cc(-c5cc(C(F)(F)F)cc(C(F)(F)F)c5)ccc43)c2C(=O)N1c1cc(-c2ccccc2)cc(-c2ccccc2)c1. The Balaban J connectivity index is 1.20. The second-order valence-corrected chi connectivity index (χ2v) is 16.5. The quantitative estimate of drug-likeness (QED) is 0.123. The molecule has 0 unspecified atom stereocenters. The number of halogens is 12.